The number of anilines is 2. The van der Waals surface area contributed by atoms with Gasteiger partial charge < -0.3 is 4.90 Å². The molecule has 0 N–H and O–H groups in total. The van der Waals surface area contributed by atoms with Gasteiger partial charge in [-0.3, -0.25) is 14.5 Å². The fourth-order valence-electron chi connectivity index (χ4n) is 4.16. The Morgan fingerprint density at radius 1 is 0.897 bits per heavy atom. The zero-order chi connectivity index (χ0) is 20.7. The highest BCUT2D eigenvalue weighted by Gasteiger charge is 2.43. The first kappa shape index (κ1) is 19.4. The third kappa shape index (κ3) is 3.36. The van der Waals surface area contributed by atoms with Crippen molar-refractivity contribution in [1.82, 2.24) is 0 Å². The number of piperazine rings is 1. The van der Waals surface area contributed by atoms with E-state index >= 15 is 0 Å². The number of hydrogen-bond donors (Lipinski definition) is 0. The van der Waals surface area contributed by atoms with Crippen LogP contribution in [0, 0.1) is 27.7 Å². The third-order valence-corrected chi connectivity index (χ3v) is 6.38. The van der Waals surface area contributed by atoms with Crippen LogP contribution in [0.5, 0.6) is 0 Å². The molecule has 148 valence electrons. The highest BCUT2D eigenvalue weighted by atomic mass is 32.1. The lowest BCUT2D eigenvalue weighted by Crippen LogP contribution is -2.56. The van der Waals surface area contributed by atoms with Crippen molar-refractivity contribution in [3.63, 3.8) is 0 Å². The van der Waals surface area contributed by atoms with Crippen LogP contribution < -0.4 is 9.80 Å². The number of carbonyl (C=O) groups is 2. The fourth-order valence-corrected chi connectivity index (χ4v) is 4.96. The van der Waals surface area contributed by atoms with Crippen molar-refractivity contribution in [2.24, 2.45) is 0 Å². The lowest BCUT2D eigenvalue weighted by atomic mass is 10.0. The predicted molar refractivity (Wildman–Crippen MR) is 119 cm³/mol. The molecule has 29 heavy (non-hydrogen) atoms. The molecule has 0 aliphatic carbocycles. The number of amides is 2. The largest absolute Gasteiger partial charge is 0.300 e. The standard InChI is InChI=1S/C24H24N2O2S/c1-15-10-11-19(18(4)13-15)26-21(27)14-25(22-16(2)7-5-8-17(22)3)24(28)23(26)20-9-6-12-29-20/h5-13,23H,14H2,1-4H3. The van der Waals surface area contributed by atoms with Crippen LogP contribution in [0.2, 0.25) is 0 Å². The number of benzene rings is 2. The lowest BCUT2D eigenvalue weighted by Gasteiger charge is -2.41. The molecule has 1 saturated heterocycles. The molecule has 0 spiro atoms. The van der Waals surface area contributed by atoms with Crippen molar-refractivity contribution in [2.75, 3.05) is 16.3 Å². The molecule has 1 atom stereocenters. The molecule has 0 saturated carbocycles. The van der Waals surface area contributed by atoms with E-state index in [9.17, 15) is 9.59 Å². The van der Waals surface area contributed by atoms with E-state index in [0.29, 0.717) is 0 Å². The van der Waals surface area contributed by atoms with Crippen molar-refractivity contribution in [3.05, 3.63) is 81.0 Å². The molecule has 4 rings (SSSR count). The second-order valence-corrected chi connectivity index (χ2v) is 8.62. The van der Waals surface area contributed by atoms with Crippen molar-refractivity contribution < 1.29 is 9.59 Å². The molecule has 1 aliphatic rings. The van der Waals surface area contributed by atoms with Crippen LogP contribution in [-0.4, -0.2) is 18.4 Å². The molecule has 2 aromatic carbocycles. The molecular formula is C24H24N2O2S. The van der Waals surface area contributed by atoms with Gasteiger partial charge in [0, 0.05) is 10.6 Å². The Hall–Kier alpha value is -2.92. The summed E-state index contributed by atoms with van der Waals surface area (Å²) in [7, 11) is 0. The number of nitrogens with zero attached hydrogens (tertiary/aromatic N) is 2. The summed E-state index contributed by atoms with van der Waals surface area (Å²) in [6.07, 6.45) is 0. The topological polar surface area (TPSA) is 40.6 Å². The van der Waals surface area contributed by atoms with Gasteiger partial charge in [0.05, 0.1) is 5.69 Å². The molecular weight excluding hydrogens is 380 g/mol. The van der Waals surface area contributed by atoms with Crippen molar-refractivity contribution >= 4 is 34.5 Å². The Balaban J connectivity index is 1.85. The summed E-state index contributed by atoms with van der Waals surface area (Å²) in [5.74, 6) is -0.137. The van der Waals surface area contributed by atoms with Gasteiger partial charge in [-0.25, -0.2) is 0 Å². The van der Waals surface area contributed by atoms with Crippen molar-refractivity contribution in [1.29, 1.82) is 0 Å². The van der Waals surface area contributed by atoms with Crippen molar-refractivity contribution in [2.45, 2.75) is 33.7 Å². The minimum atomic E-state index is -0.656. The Morgan fingerprint density at radius 3 is 2.24 bits per heavy atom. The highest BCUT2D eigenvalue weighted by Crippen LogP contribution is 2.39. The van der Waals surface area contributed by atoms with E-state index in [1.807, 2.05) is 75.5 Å². The Kier molecular flexibility index (Phi) is 5.01. The Morgan fingerprint density at radius 2 is 1.62 bits per heavy atom. The number of rotatable bonds is 3. The van der Waals surface area contributed by atoms with Gasteiger partial charge in [-0.2, -0.15) is 0 Å². The summed E-state index contributed by atoms with van der Waals surface area (Å²) in [5.41, 5.74) is 5.76. The maximum absolute atomic E-state index is 13.8. The molecule has 4 nitrogen and oxygen atoms in total. The monoisotopic (exact) mass is 404 g/mol. The predicted octanol–water partition coefficient (Wildman–Crippen LogP) is 5.10. The van der Waals surface area contributed by atoms with Crippen LogP contribution in [0.25, 0.3) is 0 Å². The smallest absolute Gasteiger partial charge is 0.256 e. The van der Waals surface area contributed by atoms with Gasteiger partial charge in [-0.05, 0) is 61.9 Å². The molecule has 0 bridgehead atoms. The van der Waals surface area contributed by atoms with Gasteiger partial charge in [-0.1, -0.05) is 42.0 Å². The molecule has 3 aromatic rings. The van der Waals surface area contributed by atoms with Crippen molar-refractivity contribution in [3.8, 4) is 0 Å². The van der Waals surface area contributed by atoms with Gasteiger partial charge in [0.15, 0.2) is 6.04 Å². The summed E-state index contributed by atoms with van der Waals surface area (Å²) < 4.78 is 0. The Labute approximate surface area is 175 Å². The van der Waals surface area contributed by atoms with E-state index in [-0.39, 0.29) is 18.4 Å². The van der Waals surface area contributed by atoms with Gasteiger partial charge in [-0.15, -0.1) is 11.3 Å². The molecule has 0 radical (unpaired) electrons. The normalized spacial score (nSPS) is 17.2. The summed E-state index contributed by atoms with van der Waals surface area (Å²) >= 11 is 1.51. The molecule has 5 heteroatoms. The number of hydrogen-bond acceptors (Lipinski definition) is 3. The number of para-hydroxylation sites is 1. The fraction of sp³-hybridized carbons (Fsp3) is 0.250. The second kappa shape index (κ2) is 7.48. The number of thiophene rings is 1. The first-order valence-corrected chi connectivity index (χ1v) is 10.6. The second-order valence-electron chi connectivity index (χ2n) is 7.64. The van der Waals surface area contributed by atoms with Crippen LogP contribution >= 0.6 is 11.3 Å². The average Bonchev–Trinajstić information content (AvgIpc) is 3.18. The van der Waals surface area contributed by atoms with Crippen LogP contribution in [-0.2, 0) is 9.59 Å². The number of carbonyl (C=O) groups excluding carboxylic acids is 2. The molecule has 2 amide bonds. The molecule has 1 fully saturated rings. The highest BCUT2D eigenvalue weighted by molar-refractivity contribution is 7.10. The summed E-state index contributed by atoms with van der Waals surface area (Å²) in [5, 5.41) is 1.95. The first-order chi connectivity index (χ1) is 13.9. The van der Waals surface area contributed by atoms with Crippen LogP contribution in [0.3, 0.4) is 0 Å². The van der Waals surface area contributed by atoms with E-state index < -0.39 is 6.04 Å². The number of aryl methyl sites for hydroxylation is 4. The van der Waals surface area contributed by atoms with Crippen LogP contribution in [0.4, 0.5) is 11.4 Å². The molecule has 1 aromatic heterocycles. The zero-order valence-corrected chi connectivity index (χ0v) is 17.9. The quantitative estimate of drug-likeness (QED) is 0.609. The van der Waals surface area contributed by atoms with Crippen LogP contribution in [0.1, 0.15) is 33.2 Å². The first-order valence-electron chi connectivity index (χ1n) is 9.69. The summed E-state index contributed by atoms with van der Waals surface area (Å²) in [6.45, 7) is 8.02. The average molecular weight is 405 g/mol. The third-order valence-electron chi connectivity index (χ3n) is 5.45. The maximum Gasteiger partial charge on any atom is 0.256 e. The minimum Gasteiger partial charge on any atom is -0.300 e. The van der Waals surface area contributed by atoms with E-state index in [0.717, 1.165) is 38.5 Å². The maximum atomic E-state index is 13.8. The van der Waals surface area contributed by atoms with E-state index in [4.69, 9.17) is 0 Å². The molecule has 1 unspecified atom stereocenters. The van der Waals surface area contributed by atoms with E-state index in [1.54, 1.807) is 9.80 Å². The van der Waals surface area contributed by atoms with Gasteiger partial charge in [0.2, 0.25) is 5.91 Å². The minimum absolute atomic E-state index is 0.0414. The van der Waals surface area contributed by atoms with Crippen LogP contribution in [0.15, 0.2) is 53.9 Å². The Bertz CT molecular complexity index is 1070. The summed E-state index contributed by atoms with van der Waals surface area (Å²) in [4.78, 5) is 31.4. The van der Waals surface area contributed by atoms with E-state index in [1.165, 1.54) is 11.3 Å². The van der Waals surface area contributed by atoms with E-state index in [2.05, 4.69) is 6.07 Å². The van der Waals surface area contributed by atoms with Gasteiger partial charge in [0.1, 0.15) is 6.54 Å². The van der Waals surface area contributed by atoms with Gasteiger partial charge >= 0.3 is 0 Å². The molecule has 2 heterocycles. The lowest BCUT2D eigenvalue weighted by molar-refractivity contribution is -0.128. The molecule has 1 aliphatic heterocycles. The SMILES string of the molecule is Cc1ccc(N2C(=O)CN(c3c(C)cccc3C)C(=O)C2c2cccs2)c(C)c1. The zero-order valence-electron chi connectivity index (χ0n) is 17.1. The summed E-state index contributed by atoms with van der Waals surface area (Å²) in [6, 6.07) is 15.1. The van der Waals surface area contributed by atoms with Gasteiger partial charge in [0.25, 0.3) is 5.91 Å².